The third kappa shape index (κ3) is 4.76. The molecule has 2 rings (SSSR count). The highest BCUT2D eigenvalue weighted by atomic mass is 19.4. The van der Waals surface area contributed by atoms with Gasteiger partial charge in [-0.05, 0) is 31.0 Å². The Labute approximate surface area is 134 Å². The number of rotatable bonds is 6. The van der Waals surface area contributed by atoms with Crippen molar-refractivity contribution in [3.63, 3.8) is 0 Å². The normalized spacial score (nSPS) is 14.5. The van der Waals surface area contributed by atoms with Gasteiger partial charge >= 0.3 is 6.18 Å². The van der Waals surface area contributed by atoms with E-state index in [0.29, 0.717) is 5.56 Å². The van der Waals surface area contributed by atoms with Gasteiger partial charge in [0.1, 0.15) is 0 Å². The first-order valence-corrected chi connectivity index (χ1v) is 7.61. The lowest BCUT2D eigenvalue weighted by molar-refractivity contribution is -0.137. The minimum atomic E-state index is -4.33. The van der Waals surface area contributed by atoms with E-state index in [2.05, 4.69) is 15.3 Å². The zero-order valence-electron chi connectivity index (χ0n) is 13.1. The molecule has 0 amide bonds. The maximum Gasteiger partial charge on any atom is 0.416 e. The molecule has 0 radical (unpaired) electrons. The van der Waals surface area contributed by atoms with Crippen molar-refractivity contribution >= 4 is 0 Å². The quantitative estimate of drug-likeness (QED) is 0.838. The molecular formula is C17H20F3N3. The second-order valence-electron chi connectivity index (χ2n) is 5.48. The largest absolute Gasteiger partial charge is 0.416 e. The first-order valence-electron chi connectivity index (χ1n) is 7.61. The van der Waals surface area contributed by atoms with Gasteiger partial charge in [-0.2, -0.15) is 13.2 Å². The fraction of sp³-hybridized carbons (Fsp3) is 0.412. The number of benzene rings is 1. The van der Waals surface area contributed by atoms with Crippen molar-refractivity contribution < 1.29 is 13.2 Å². The highest BCUT2D eigenvalue weighted by molar-refractivity contribution is 5.28. The summed E-state index contributed by atoms with van der Waals surface area (Å²) in [7, 11) is 0. The van der Waals surface area contributed by atoms with E-state index in [1.54, 1.807) is 24.7 Å². The maximum absolute atomic E-state index is 12.9. The van der Waals surface area contributed by atoms with Crippen molar-refractivity contribution in [3.8, 4) is 0 Å². The lowest BCUT2D eigenvalue weighted by Gasteiger charge is -2.24. The molecule has 23 heavy (non-hydrogen) atoms. The van der Waals surface area contributed by atoms with Crippen molar-refractivity contribution in [2.45, 2.75) is 44.9 Å². The van der Waals surface area contributed by atoms with Crippen LogP contribution >= 0.6 is 0 Å². The first-order chi connectivity index (χ1) is 10.9. The predicted molar refractivity (Wildman–Crippen MR) is 82.7 cm³/mol. The van der Waals surface area contributed by atoms with Gasteiger partial charge in [-0.1, -0.05) is 25.5 Å². The molecule has 0 aliphatic heterocycles. The molecule has 0 unspecified atom stereocenters. The SMILES string of the molecule is CCC[C@H](N[C@H](C)c1cnccn1)c1cccc(C(F)(F)F)c1. The molecule has 0 aliphatic carbocycles. The molecule has 2 aromatic rings. The molecule has 2 atom stereocenters. The summed E-state index contributed by atoms with van der Waals surface area (Å²) >= 11 is 0. The van der Waals surface area contributed by atoms with Crippen LogP contribution in [0.1, 0.15) is 55.6 Å². The van der Waals surface area contributed by atoms with Gasteiger partial charge in [0.05, 0.1) is 11.3 Å². The van der Waals surface area contributed by atoms with Crippen molar-refractivity contribution in [2.24, 2.45) is 0 Å². The molecule has 0 bridgehead atoms. The summed E-state index contributed by atoms with van der Waals surface area (Å²) < 4.78 is 38.7. The van der Waals surface area contributed by atoms with Gasteiger partial charge in [-0.25, -0.2) is 0 Å². The monoisotopic (exact) mass is 323 g/mol. The Morgan fingerprint density at radius 2 is 2.00 bits per heavy atom. The summed E-state index contributed by atoms with van der Waals surface area (Å²) in [6.07, 6.45) is 2.13. The smallest absolute Gasteiger partial charge is 0.302 e. The number of hydrogen-bond donors (Lipinski definition) is 1. The van der Waals surface area contributed by atoms with E-state index in [-0.39, 0.29) is 12.1 Å². The van der Waals surface area contributed by atoms with Crippen LogP contribution in [0.3, 0.4) is 0 Å². The second-order valence-corrected chi connectivity index (χ2v) is 5.48. The molecule has 0 spiro atoms. The number of aromatic nitrogens is 2. The Hall–Kier alpha value is -1.95. The molecule has 3 nitrogen and oxygen atoms in total. The third-order valence-corrected chi connectivity index (χ3v) is 3.67. The van der Waals surface area contributed by atoms with Crippen LogP contribution in [-0.4, -0.2) is 9.97 Å². The summed E-state index contributed by atoms with van der Waals surface area (Å²) in [6, 6.07) is 5.23. The van der Waals surface area contributed by atoms with Crippen LogP contribution in [0.5, 0.6) is 0 Å². The molecule has 1 aromatic heterocycles. The average molecular weight is 323 g/mol. The Kier molecular flexibility index (Phi) is 5.71. The van der Waals surface area contributed by atoms with E-state index in [4.69, 9.17) is 0 Å². The van der Waals surface area contributed by atoms with E-state index in [0.717, 1.165) is 24.6 Å². The molecule has 1 heterocycles. The molecule has 0 aliphatic rings. The number of halogens is 3. The Morgan fingerprint density at radius 1 is 1.22 bits per heavy atom. The Balaban J connectivity index is 2.21. The van der Waals surface area contributed by atoms with E-state index in [9.17, 15) is 13.2 Å². The predicted octanol–water partition coefficient (Wildman–Crippen LogP) is 4.69. The third-order valence-electron chi connectivity index (χ3n) is 3.67. The van der Waals surface area contributed by atoms with Crippen molar-refractivity contribution in [1.29, 1.82) is 0 Å². The average Bonchev–Trinajstić information content (AvgIpc) is 2.54. The molecule has 6 heteroatoms. The Bertz CT molecular complexity index is 614. The Morgan fingerprint density at radius 3 is 2.61 bits per heavy atom. The van der Waals surface area contributed by atoms with Crippen LogP contribution in [0, 0.1) is 0 Å². The lowest BCUT2D eigenvalue weighted by atomic mass is 9.99. The van der Waals surface area contributed by atoms with Gasteiger partial charge in [0.15, 0.2) is 0 Å². The summed E-state index contributed by atoms with van der Waals surface area (Å²) in [5, 5.41) is 3.36. The van der Waals surface area contributed by atoms with Gasteiger partial charge in [0.2, 0.25) is 0 Å². The molecule has 124 valence electrons. The van der Waals surface area contributed by atoms with Crippen molar-refractivity contribution in [2.75, 3.05) is 0 Å². The molecule has 0 saturated heterocycles. The number of alkyl halides is 3. The molecule has 0 saturated carbocycles. The zero-order valence-corrected chi connectivity index (χ0v) is 13.1. The fourth-order valence-corrected chi connectivity index (χ4v) is 2.49. The molecular weight excluding hydrogens is 303 g/mol. The van der Waals surface area contributed by atoms with Gasteiger partial charge in [0.25, 0.3) is 0 Å². The highest BCUT2D eigenvalue weighted by Gasteiger charge is 2.31. The number of nitrogens with one attached hydrogen (secondary N) is 1. The molecule has 1 aromatic carbocycles. The van der Waals surface area contributed by atoms with Gasteiger partial charge in [-0.15, -0.1) is 0 Å². The van der Waals surface area contributed by atoms with Crippen LogP contribution in [0.4, 0.5) is 13.2 Å². The summed E-state index contributed by atoms with van der Waals surface area (Å²) in [5.41, 5.74) is 0.781. The lowest BCUT2D eigenvalue weighted by Crippen LogP contribution is -2.25. The summed E-state index contributed by atoms with van der Waals surface area (Å²) in [6.45, 7) is 3.94. The molecule has 0 fully saturated rings. The number of hydrogen-bond acceptors (Lipinski definition) is 3. The van der Waals surface area contributed by atoms with Gasteiger partial charge in [-0.3, -0.25) is 9.97 Å². The fourth-order valence-electron chi connectivity index (χ4n) is 2.49. The first kappa shape index (κ1) is 17.4. The summed E-state index contributed by atoms with van der Waals surface area (Å²) in [5.74, 6) is 0. The van der Waals surface area contributed by atoms with Gasteiger partial charge < -0.3 is 5.32 Å². The number of nitrogens with zero attached hydrogens (tertiary/aromatic N) is 2. The van der Waals surface area contributed by atoms with Crippen LogP contribution in [-0.2, 0) is 6.18 Å². The van der Waals surface area contributed by atoms with E-state index in [1.165, 1.54) is 12.1 Å². The van der Waals surface area contributed by atoms with Crippen LogP contribution in [0.25, 0.3) is 0 Å². The zero-order chi connectivity index (χ0) is 16.9. The van der Waals surface area contributed by atoms with Gasteiger partial charge in [0, 0.05) is 30.7 Å². The van der Waals surface area contributed by atoms with Crippen LogP contribution in [0.2, 0.25) is 0 Å². The van der Waals surface area contributed by atoms with E-state index < -0.39 is 11.7 Å². The molecule has 1 N–H and O–H groups in total. The van der Waals surface area contributed by atoms with Crippen LogP contribution < -0.4 is 5.32 Å². The second kappa shape index (κ2) is 7.55. The van der Waals surface area contributed by atoms with Crippen molar-refractivity contribution in [1.82, 2.24) is 15.3 Å². The van der Waals surface area contributed by atoms with Crippen molar-refractivity contribution in [3.05, 3.63) is 59.7 Å². The maximum atomic E-state index is 12.9. The highest BCUT2D eigenvalue weighted by Crippen LogP contribution is 2.32. The minimum absolute atomic E-state index is 0.102. The van der Waals surface area contributed by atoms with E-state index >= 15 is 0 Å². The topological polar surface area (TPSA) is 37.8 Å². The van der Waals surface area contributed by atoms with E-state index in [1.807, 2.05) is 13.8 Å². The van der Waals surface area contributed by atoms with Crippen LogP contribution in [0.15, 0.2) is 42.9 Å². The summed E-state index contributed by atoms with van der Waals surface area (Å²) in [4.78, 5) is 8.26. The standard InChI is InChI=1S/C17H20F3N3/c1-3-5-15(23-12(2)16-11-21-8-9-22-16)13-6-4-7-14(10-13)17(18,19)20/h4,6-12,15,23H,3,5H2,1-2H3/t12-,15+/m1/s1. The minimum Gasteiger partial charge on any atom is -0.302 e.